The smallest absolute Gasteiger partial charge is 0.237 e. The van der Waals surface area contributed by atoms with Crippen LogP contribution in [0.1, 0.15) is 31.5 Å². The van der Waals surface area contributed by atoms with Gasteiger partial charge in [0.05, 0.1) is 12.9 Å². The number of benzene rings is 2. The van der Waals surface area contributed by atoms with Crippen LogP contribution >= 0.6 is 23.4 Å². The fourth-order valence-electron chi connectivity index (χ4n) is 2.80. The molecular formula is C21H20ClN5O2S. The summed E-state index contributed by atoms with van der Waals surface area (Å²) in [6.07, 6.45) is 0. The minimum Gasteiger partial charge on any atom is -0.497 e. The van der Waals surface area contributed by atoms with Crippen LogP contribution in [0, 0.1) is 0 Å². The van der Waals surface area contributed by atoms with Crippen LogP contribution < -0.4 is 4.74 Å². The van der Waals surface area contributed by atoms with Crippen molar-refractivity contribution in [2.75, 3.05) is 7.11 Å². The van der Waals surface area contributed by atoms with Crippen molar-refractivity contribution < 1.29 is 9.26 Å². The average Bonchev–Trinajstić information content (AvgIpc) is 3.40. The number of nitrogens with zero attached hydrogens (tertiary/aromatic N) is 5. The number of methoxy groups -OCH3 is 1. The van der Waals surface area contributed by atoms with Crippen molar-refractivity contribution in [3.8, 4) is 22.8 Å². The highest BCUT2D eigenvalue weighted by Crippen LogP contribution is 2.31. The summed E-state index contributed by atoms with van der Waals surface area (Å²) in [5.74, 6) is 3.46. The van der Waals surface area contributed by atoms with Gasteiger partial charge in [-0.25, -0.2) is 0 Å². The van der Waals surface area contributed by atoms with Crippen molar-refractivity contribution in [2.45, 2.75) is 30.7 Å². The lowest BCUT2D eigenvalue weighted by atomic mass is 10.2. The molecule has 154 valence electrons. The van der Waals surface area contributed by atoms with E-state index in [1.807, 2.05) is 66.9 Å². The second-order valence-electron chi connectivity index (χ2n) is 6.84. The summed E-state index contributed by atoms with van der Waals surface area (Å²) < 4.78 is 12.6. The van der Waals surface area contributed by atoms with Crippen molar-refractivity contribution in [1.29, 1.82) is 0 Å². The van der Waals surface area contributed by atoms with Crippen molar-refractivity contribution in [1.82, 2.24) is 24.9 Å². The second kappa shape index (κ2) is 8.89. The molecule has 2 aromatic heterocycles. The third-order valence-electron chi connectivity index (χ3n) is 4.39. The Morgan fingerprint density at radius 1 is 1.07 bits per heavy atom. The van der Waals surface area contributed by atoms with Crippen LogP contribution in [0.3, 0.4) is 0 Å². The summed E-state index contributed by atoms with van der Waals surface area (Å²) in [4.78, 5) is 4.44. The van der Waals surface area contributed by atoms with E-state index < -0.39 is 0 Å². The van der Waals surface area contributed by atoms with Gasteiger partial charge in [-0.3, -0.25) is 4.57 Å². The van der Waals surface area contributed by atoms with Gasteiger partial charge in [-0.05, 0) is 48.5 Å². The summed E-state index contributed by atoms with van der Waals surface area (Å²) >= 11 is 7.54. The number of thioether (sulfide) groups is 1. The van der Waals surface area contributed by atoms with E-state index in [0.29, 0.717) is 28.3 Å². The molecule has 9 heteroatoms. The highest BCUT2D eigenvalue weighted by molar-refractivity contribution is 7.98. The van der Waals surface area contributed by atoms with Gasteiger partial charge in [0, 0.05) is 22.2 Å². The van der Waals surface area contributed by atoms with Gasteiger partial charge in [0.1, 0.15) is 5.75 Å². The molecule has 0 saturated heterocycles. The SMILES string of the molecule is COc1ccc(-n2c(SCc3nc(C(C)C)no3)nnc2-c2ccc(Cl)cc2)cc1. The van der Waals surface area contributed by atoms with E-state index in [9.17, 15) is 0 Å². The standard InChI is InChI=1S/C21H20ClN5O2S/c1-13(2)19-23-18(29-26-19)12-30-21-25-24-20(14-4-6-15(22)7-5-14)27(21)16-8-10-17(28-3)11-9-16/h4-11,13H,12H2,1-3H3. The van der Waals surface area contributed by atoms with E-state index in [4.69, 9.17) is 20.9 Å². The highest BCUT2D eigenvalue weighted by Gasteiger charge is 2.18. The molecule has 0 N–H and O–H groups in total. The normalized spacial score (nSPS) is 11.2. The Balaban J connectivity index is 1.69. The Bertz CT molecular complexity index is 1120. The number of hydrogen-bond donors (Lipinski definition) is 0. The van der Waals surface area contributed by atoms with Crippen LogP contribution in [0.4, 0.5) is 0 Å². The van der Waals surface area contributed by atoms with E-state index in [1.54, 1.807) is 7.11 Å². The monoisotopic (exact) mass is 441 g/mol. The van der Waals surface area contributed by atoms with E-state index in [-0.39, 0.29) is 5.92 Å². The van der Waals surface area contributed by atoms with Crippen LogP contribution in [-0.4, -0.2) is 32.0 Å². The van der Waals surface area contributed by atoms with E-state index in [0.717, 1.165) is 22.2 Å². The van der Waals surface area contributed by atoms with E-state index in [1.165, 1.54) is 11.8 Å². The van der Waals surface area contributed by atoms with Crippen molar-refractivity contribution >= 4 is 23.4 Å². The maximum absolute atomic E-state index is 6.05. The maximum Gasteiger partial charge on any atom is 0.237 e. The van der Waals surface area contributed by atoms with Gasteiger partial charge >= 0.3 is 0 Å². The topological polar surface area (TPSA) is 78.9 Å². The lowest BCUT2D eigenvalue weighted by Crippen LogP contribution is -2.00. The molecule has 0 bridgehead atoms. The minimum absolute atomic E-state index is 0.215. The van der Waals surface area contributed by atoms with Crippen molar-refractivity contribution in [3.63, 3.8) is 0 Å². The summed E-state index contributed by atoms with van der Waals surface area (Å²) in [5, 5.41) is 14.2. The molecule has 0 aliphatic carbocycles. The molecule has 7 nitrogen and oxygen atoms in total. The summed E-state index contributed by atoms with van der Waals surface area (Å²) in [7, 11) is 1.64. The Hall–Kier alpha value is -2.84. The molecule has 0 fully saturated rings. The van der Waals surface area contributed by atoms with Gasteiger partial charge < -0.3 is 9.26 Å². The zero-order chi connectivity index (χ0) is 21.1. The van der Waals surface area contributed by atoms with Gasteiger partial charge in [0.2, 0.25) is 5.89 Å². The molecule has 2 aromatic carbocycles. The highest BCUT2D eigenvalue weighted by atomic mass is 35.5. The number of ether oxygens (including phenoxy) is 1. The molecule has 0 radical (unpaired) electrons. The van der Waals surface area contributed by atoms with Gasteiger partial charge in [0.25, 0.3) is 0 Å². The fraction of sp³-hybridized carbons (Fsp3) is 0.238. The minimum atomic E-state index is 0.215. The van der Waals surface area contributed by atoms with Crippen LogP contribution in [0.5, 0.6) is 5.75 Å². The van der Waals surface area contributed by atoms with Crippen molar-refractivity contribution in [3.05, 3.63) is 65.3 Å². The van der Waals surface area contributed by atoms with Crippen LogP contribution in [-0.2, 0) is 5.75 Å². The van der Waals surface area contributed by atoms with Crippen LogP contribution in [0.15, 0.2) is 58.2 Å². The molecule has 0 aliphatic heterocycles. The molecule has 0 unspecified atom stereocenters. The molecule has 0 spiro atoms. The van der Waals surface area contributed by atoms with E-state index in [2.05, 4.69) is 20.3 Å². The predicted octanol–water partition coefficient (Wildman–Crippen LogP) is 5.40. The first-order chi connectivity index (χ1) is 14.5. The molecule has 0 aliphatic rings. The largest absolute Gasteiger partial charge is 0.497 e. The van der Waals surface area contributed by atoms with E-state index >= 15 is 0 Å². The first kappa shape index (κ1) is 20.4. The number of aromatic nitrogens is 5. The number of rotatable bonds is 7. The quantitative estimate of drug-likeness (QED) is 0.355. The Morgan fingerprint density at radius 3 is 2.43 bits per heavy atom. The van der Waals surface area contributed by atoms with Crippen LogP contribution in [0.2, 0.25) is 5.02 Å². The molecular weight excluding hydrogens is 422 g/mol. The Labute approximate surface area is 183 Å². The predicted molar refractivity (Wildman–Crippen MR) is 116 cm³/mol. The first-order valence-electron chi connectivity index (χ1n) is 9.36. The second-order valence-corrected chi connectivity index (χ2v) is 8.22. The van der Waals surface area contributed by atoms with Gasteiger partial charge in [-0.15, -0.1) is 10.2 Å². The number of hydrogen-bond acceptors (Lipinski definition) is 7. The van der Waals surface area contributed by atoms with Gasteiger partial charge in [-0.2, -0.15) is 4.98 Å². The maximum atomic E-state index is 6.05. The Kier molecular flexibility index (Phi) is 6.06. The van der Waals surface area contributed by atoms with Crippen LogP contribution in [0.25, 0.3) is 17.1 Å². The Morgan fingerprint density at radius 2 is 1.80 bits per heavy atom. The third-order valence-corrected chi connectivity index (χ3v) is 5.56. The lowest BCUT2D eigenvalue weighted by Gasteiger charge is -2.11. The molecule has 0 atom stereocenters. The molecule has 0 saturated carbocycles. The van der Waals surface area contributed by atoms with Gasteiger partial charge in [-0.1, -0.05) is 42.4 Å². The average molecular weight is 442 g/mol. The first-order valence-corrected chi connectivity index (χ1v) is 10.7. The molecule has 2 heterocycles. The van der Waals surface area contributed by atoms with Crippen molar-refractivity contribution in [2.24, 2.45) is 0 Å². The molecule has 4 aromatic rings. The molecule has 0 amide bonds. The summed E-state index contributed by atoms with van der Waals surface area (Å²) in [5.41, 5.74) is 1.83. The molecule has 4 rings (SSSR count). The summed E-state index contributed by atoms with van der Waals surface area (Å²) in [6.45, 7) is 4.06. The summed E-state index contributed by atoms with van der Waals surface area (Å²) in [6, 6.07) is 15.3. The number of halogens is 1. The lowest BCUT2D eigenvalue weighted by molar-refractivity contribution is 0.382. The molecule has 30 heavy (non-hydrogen) atoms. The third kappa shape index (κ3) is 4.34. The zero-order valence-electron chi connectivity index (χ0n) is 16.7. The fourth-order valence-corrected chi connectivity index (χ4v) is 3.72. The zero-order valence-corrected chi connectivity index (χ0v) is 18.3. The van der Waals surface area contributed by atoms with Gasteiger partial charge in [0.15, 0.2) is 16.8 Å².